The number of ether oxygens (including phenoxy) is 1. The molecular formula is C22H32N4O5. The Morgan fingerprint density at radius 2 is 1.84 bits per heavy atom. The fourth-order valence-electron chi connectivity index (χ4n) is 3.19. The van der Waals surface area contributed by atoms with Crippen LogP contribution in [0.2, 0.25) is 0 Å². The molecule has 2 rings (SSSR count). The molecule has 0 aliphatic carbocycles. The summed E-state index contributed by atoms with van der Waals surface area (Å²) < 4.78 is 5.10. The zero-order valence-electron chi connectivity index (χ0n) is 18.8. The van der Waals surface area contributed by atoms with E-state index >= 15 is 0 Å². The number of rotatable bonds is 7. The third-order valence-electron chi connectivity index (χ3n) is 4.69. The summed E-state index contributed by atoms with van der Waals surface area (Å²) in [6, 6.07) is 7.13. The first kappa shape index (κ1) is 24.2. The van der Waals surface area contributed by atoms with Crippen LogP contribution in [-0.4, -0.2) is 53.4 Å². The van der Waals surface area contributed by atoms with Gasteiger partial charge in [-0.05, 0) is 46.2 Å². The van der Waals surface area contributed by atoms with Gasteiger partial charge in [0, 0.05) is 31.2 Å². The molecule has 9 nitrogen and oxygen atoms in total. The van der Waals surface area contributed by atoms with E-state index < -0.39 is 17.6 Å². The first-order valence-electron chi connectivity index (χ1n) is 10.4. The van der Waals surface area contributed by atoms with E-state index in [4.69, 9.17) is 4.74 Å². The van der Waals surface area contributed by atoms with Gasteiger partial charge in [0.25, 0.3) is 0 Å². The number of alkyl carbamates (subject to hydrolysis) is 1. The third kappa shape index (κ3) is 7.58. The maximum Gasteiger partial charge on any atom is 0.408 e. The number of benzene rings is 1. The Hall–Kier alpha value is -3.10. The number of carbonyl (C=O) groups excluding carboxylic acids is 4. The molecule has 4 amide bonds. The summed E-state index contributed by atoms with van der Waals surface area (Å²) >= 11 is 0. The molecule has 1 unspecified atom stereocenters. The van der Waals surface area contributed by atoms with Crippen molar-refractivity contribution in [2.75, 3.05) is 18.4 Å². The number of hydrogen-bond donors (Lipinski definition) is 3. The van der Waals surface area contributed by atoms with Crippen molar-refractivity contribution in [2.24, 2.45) is 5.92 Å². The molecule has 1 aromatic rings. The Kier molecular flexibility index (Phi) is 8.01. The van der Waals surface area contributed by atoms with E-state index in [-0.39, 0.29) is 43.3 Å². The number of nitrogens with zero attached hydrogens (tertiary/aromatic N) is 1. The minimum absolute atomic E-state index is 0.0136. The molecule has 1 atom stereocenters. The van der Waals surface area contributed by atoms with Crippen LogP contribution in [0.3, 0.4) is 0 Å². The molecule has 0 aromatic heterocycles. The first-order chi connectivity index (χ1) is 14.5. The van der Waals surface area contributed by atoms with Crippen LogP contribution < -0.4 is 16.0 Å². The topological polar surface area (TPSA) is 117 Å². The Labute approximate surface area is 182 Å². The summed E-state index contributed by atoms with van der Waals surface area (Å²) in [6.45, 7) is 9.43. The van der Waals surface area contributed by atoms with Gasteiger partial charge in [-0.25, -0.2) is 4.79 Å². The van der Waals surface area contributed by atoms with Crippen LogP contribution in [0.25, 0.3) is 0 Å². The van der Waals surface area contributed by atoms with Gasteiger partial charge in [-0.2, -0.15) is 0 Å². The molecule has 9 heteroatoms. The van der Waals surface area contributed by atoms with Crippen molar-refractivity contribution in [3.8, 4) is 0 Å². The van der Waals surface area contributed by atoms with Gasteiger partial charge in [-0.1, -0.05) is 18.2 Å². The van der Waals surface area contributed by atoms with Crippen molar-refractivity contribution in [3.63, 3.8) is 0 Å². The van der Waals surface area contributed by atoms with Gasteiger partial charge in [0.1, 0.15) is 12.1 Å². The molecule has 170 valence electrons. The van der Waals surface area contributed by atoms with Crippen LogP contribution in [0, 0.1) is 5.92 Å². The first-order valence-corrected chi connectivity index (χ1v) is 10.4. The average molecular weight is 433 g/mol. The zero-order chi connectivity index (χ0) is 23.2. The molecule has 1 saturated heterocycles. The van der Waals surface area contributed by atoms with Crippen LogP contribution >= 0.6 is 0 Å². The second-order valence-electron chi connectivity index (χ2n) is 8.82. The Morgan fingerprint density at radius 1 is 1.16 bits per heavy atom. The second-order valence-corrected chi connectivity index (χ2v) is 8.82. The molecule has 1 aliphatic rings. The van der Waals surface area contributed by atoms with E-state index in [2.05, 4.69) is 16.0 Å². The lowest BCUT2D eigenvalue weighted by Gasteiger charge is -2.21. The highest BCUT2D eigenvalue weighted by Crippen LogP contribution is 2.21. The van der Waals surface area contributed by atoms with Gasteiger partial charge in [-0.15, -0.1) is 0 Å². The average Bonchev–Trinajstić information content (AvgIpc) is 3.06. The quantitative estimate of drug-likeness (QED) is 0.609. The maximum atomic E-state index is 12.5. The normalized spacial score (nSPS) is 16.3. The van der Waals surface area contributed by atoms with Gasteiger partial charge >= 0.3 is 6.09 Å². The van der Waals surface area contributed by atoms with Crippen molar-refractivity contribution in [1.82, 2.24) is 15.5 Å². The van der Waals surface area contributed by atoms with Crippen molar-refractivity contribution >= 4 is 29.5 Å². The lowest BCUT2D eigenvalue weighted by atomic mass is 10.1. The molecule has 3 N–H and O–H groups in total. The number of para-hydroxylation sites is 1. The van der Waals surface area contributed by atoms with Gasteiger partial charge in [-0.3, -0.25) is 14.4 Å². The van der Waals surface area contributed by atoms with E-state index in [0.29, 0.717) is 17.8 Å². The zero-order valence-corrected chi connectivity index (χ0v) is 18.8. The number of amides is 4. The molecule has 1 aromatic carbocycles. The maximum absolute atomic E-state index is 12.5. The predicted octanol–water partition coefficient (Wildman–Crippen LogP) is 2.02. The lowest BCUT2D eigenvalue weighted by molar-refractivity contribution is -0.130. The van der Waals surface area contributed by atoms with Crippen LogP contribution in [0.4, 0.5) is 10.5 Å². The number of carbonyl (C=O) groups is 4. The van der Waals surface area contributed by atoms with Gasteiger partial charge in [0.2, 0.25) is 17.7 Å². The van der Waals surface area contributed by atoms with Crippen LogP contribution in [0.1, 0.15) is 46.6 Å². The standard InChI is InChI=1S/C22H32N4O5/c1-14(2)26-13-16(10-19(26)28)20(29)23-11-15-8-6-7-9-17(15)25-18(27)12-24-21(30)31-22(3,4)5/h6-9,14,16H,10-13H2,1-5H3,(H,23,29)(H,24,30)(H,25,27). The molecule has 31 heavy (non-hydrogen) atoms. The molecule has 0 saturated carbocycles. The summed E-state index contributed by atoms with van der Waals surface area (Å²) in [4.78, 5) is 50.1. The summed E-state index contributed by atoms with van der Waals surface area (Å²) in [5.74, 6) is -1.00. The fraction of sp³-hybridized carbons (Fsp3) is 0.545. The monoisotopic (exact) mass is 432 g/mol. The van der Waals surface area contributed by atoms with Crippen LogP contribution in [0.5, 0.6) is 0 Å². The van der Waals surface area contributed by atoms with E-state index in [1.165, 1.54) is 0 Å². The van der Waals surface area contributed by atoms with Gasteiger partial charge < -0.3 is 25.6 Å². The van der Waals surface area contributed by atoms with Crippen molar-refractivity contribution in [3.05, 3.63) is 29.8 Å². The highest BCUT2D eigenvalue weighted by Gasteiger charge is 2.35. The fourth-order valence-corrected chi connectivity index (χ4v) is 3.19. The van der Waals surface area contributed by atoms with Gasteiger partial charge in [0.05, 0.1) is 5.92 Å². The molecule has 1 fully saturated rings. The summed E-state index contributed by atoms with van der Waals surface area (Å²) in [6.07, 6.45) is -0.469. The Balaban J connectivity index is 1.88. The van der Waals surface area contributed by atoms with Crippen molar-refractivity contribution in [1.29, 1.82) is 0 Å². The minimum Gasteiger partial charge on any atom is -0.444 e. The van der Waals surface area contributed by atoms with E-state index in [9.17, 15) is 19.2 Å². The molecule has 0 radical (unpaired) electrons. The highest BCUT2D eigenvalue weighted by molar-refractivity contribution is 5.94. The molecule has 1 heterocycles. The van der Waals surface area contributed by atoms with Gasteiger partial charge in [0.15, 0.2) is 0 Å². The highest BCUT2D eigenvalue weighted by atomic mass is 16.6. The van der Waals surface area contributed by atoms with E-state index in [1.807, 2.05) is 13.8 Å². The number of anilines is 1. The SMILES string of the molecule is CC(C)N1CC(C(=O)NCc2ccccc2NC(=O)CNC(=O)OC(C)(C)C)CC1=O. The van der Waals surface area contributed by atoms with Crippen molar-refractivity contribution in [2.45, 2.75) is 59.2 Å². The molecule has 1 aliphatic heterocycles. The minimum atomic E-state index is -0.676. The third-order valence-corrected chi connectivity index (χ3v) is 4.69. The van der Waals surface area contributed by atoms with E-state index in [0.717, 1.165) is 0 Å². The summed E-state index contributed by atoms with van der Waals surface area (Å²) in [5, 5.41) is 7.98. The van der Waals surface area contributed by atoms with Crippen LogP contribution in [-0.2, 0) is 25.7 Å². The predicted molar refractivity (Wildman–Crippen MR) is 116 cm³/mol. The number of hydrogen-bond acceptors (Lipinski definition) is 5. The Bertz CT molecular complexity index is 831. The summed E-state index contributed by atoms with van der Waals surface area (Å²) in [7, 11) is 0. The smallest absolute Gasteiger partial charge is 0.408 e. The molecule has 0 bridgehead atoms. The molecule has 0 spiro atoms. The Morgan fingerprint density at radius 3 is 2.45 bits per heavy atom. The summed E-state index contributed by atoms with van der Waals surface area (Å²) in [5.41, 5.74) is 0.596. The number of nitrogens with one attached hydrogen (secondary N) is 3. The second kappa shape index (κ2) is 10.3. The molecular weight excluding hydrogens is 400 g/mol. The van der Waals surface area contributed by atoms with Crippen molar-refractivity contribution < 1.29 is 23.9 Å². The largest absolute Gasteiger partial charge is 0.444 e. The number of likely N-dealkylation sites (tertiary alicyclic amines) is 1. The van der Waals surface area contributed by atoms with E-state index in [1.54, 1.807) is 49.9 Å². The lowest BCUT2D eigenvalue weighted by Crippen LogP contribution is -2.37. The van der Waals surface area contributed by atoms with Crippen LogP contribution in [0.15, 0.2) is 24.3 Å².